The average Bonchev–Trinajstić information content (AvgIpc) is 2.37. The highest BCUT2D eigenvalue weighted by Gasteiger charge is 2.27. The minimum Gasteiger partial charge on any atom is -0.360 e. The van der Waals surface area contributed by atoms with E-state index in [1.165, 1.54) is 0 Å². The van der Waals surface area contributed by atoms with Crippen LogP contribution >= 0.6 is 0 Å². The number of nitrogens with zero attached hydrogens (tertiary/aromatic N) is 3. The molecule has 1 atom stereocenters. The van der Waals surface area contributed by atoms with Gasteiger partial charge in [-0.3, -0.25) is 10.1 Å². The average molecular weight is 301 g/mol. The number of rotatable bonds is 4. The SMILES string of the molecule is CNc1ncc([N+](=O)[O-])c(NC2CCCS(=O)(=O)C2)n1. The lowest BCUT2D eigenvalue weighted by molar-refractivity contribution is -0.384. The number of anilines is 2. The van der Waals surface area contributed by atoms with Crippen LogP contribution in [0.4, 0.5) is 17.5 Å². The van der Waals surface area contributed by atoms with Gasteiger partial charge in [0.15, 0.2) is 9.84 Å². The highest BCUT2D eigenvalue weighted by atomic mass is 32.2. The Bertz CT molecular complexity index is 618. The zero-order valence-corrected chi connectivity index (χ0v) is 11.7. The van der Waals surface area contributed by atoms with E-state index in [9.17, 15) is 18.5 Å². The maximum Gasteiger partial charge on any atom is 0.329 e. The van der Waals surface area contributed by atoms with Gasteiger partial charge < -0.3 is 10.6 Å². The summed E-state index contributed by atoms with van der Waals surface area (Å²) in [6.45, 7) is 0. The second-order valence-electron chi connectivity index (χ2n) is 4.53. The first-order valence-electron chi connectivity index (χ1n) is 6.07. The molecule has 9 nitrogen and oxygen atoms in total. The minimum atomic E-state index is -3.09. The molecule has 0 spiro atoms. The van der Waals surface area contributed by atoms with Crippen LogP contribution in [0.5, 0.6) is 0 Å². The number of aromatic nitrogens is 2. The van der Waals surface area contributed by atoms with Gasteiger partial charge in [0.25, 0.3) is 0 Å². The Hall–Kier alpha value is -1.97. The van der Waals surface area contributed by atoms with Crippen LogP contribution in [0.25, 0.3) is 0 Å². The van der Waals surface area contributed by atoms with E-state index >= 15 is 0 Å². The first-order valence-corrected chi connectivity index (χ1v) is 7.89. The molecule has 0 aromatic carbocycles. The standard InChI is InChI=1S/C10H15N5O4S/c1-11-10-12-5-8(15(16)17)9(14-10)13-7-3-2-4-20(18,19)6-7/h5,7H,2-4,6H2,1H3,(H2,11,12,13,14). The third-order valence-corrected chi connectivity index (χ3v) is 4.81. The lowest BCUT2D eigenvalue weighted by Crippen LogP contribution is -2.35. The molecule has 1 saturated heterocycles. The molecule has 0 saturated carbocycles. The summed E-state index contributed by atoms with van der Waals surface area (Å²) in [7, 11) is -1.50. The number of sulfone groups is 1. The smallest absolute Gasteiger partial charge is 0.329 e. The van der Waals surface area contributed by atoms with E-state index in [0.717, 1.165) is 6.20 Å². The fourth-order valence-electron chi connectivity index (χ4n) is 2.07. The molecule has 1 fully saturated rings. The van der Waals surface area contributed by atoms with E-state index in [2.05, 4.69) is 20.6 Å². The van der Waals surface area contributed by atoms with Crippen LogP contribution in [0.1, 0.15) is 12.8 Å². The van der Waals surface area contributed by atoms with Crippen molar-refractivity contribution in [2.75, 3.05) is 29.2 Å². The van der Waals surface area contributed by atoms with Crippen LogP contribution in [0.15, 0.2) is 6.20 Å². The predicted octanol–water partition coefficient (Wildman–Crippen LogP) is 0.416. The number of hydrogen-bond donors (Lipinski definition) is 2. The van der Waals surface area contributed by atoms with Gasteiger partial charge in [0.2, 0.25) is 11.8 Å². The van der Waals surface area contributed by atoms with Gasteiger partial charge in [-0.25, -0.2) is 13.4 Å². The number of nitro groups is 1. The van der Waals surface area contributed by atoms with Gasteiger partial charge in [-0.05, 0) is 12.8 Å². The molecular weight excluding hydrogens is 286 g/mol. The second kappa shape index (κ2) is 5.57. The molecule has 1 aromatic rings. The zero-order valence-electron chi connectivity index (χ0n) is 10.9. The van der Waals surface area contributed by atoms with E-state index in [1.807, 2.05) is 0 Å². The van der Waals surface area contributed by atoms with Crippen LogP contribution in [0.2, 0.25) is 0 Å². The van der Waals surface area contributed by atoms with Gasteiger partial charge in [0.05, 0.1) is 16.4 Å². The third kappa shape index (κ3) is 3.32. The summed E-state index contributed by atoms with van der Waals surface area (Å²) < 4.78 is 23.1. The minimum absolute atomic E-state index is 0.0384. The van der Waals surface area contributed by atoms with Crippen LogP contribution in [-0.2, 0) is 9.84 Å². The monoisotopic (exact) mass is 301 g/mol. The van der Waals surface area contributed by atoms with Crippen molar-refractivity contribution >= 4 is 27.3 Å². The molecular formula is C10H15N5O4S. The summed E-state index contributed by atoms with van der Waals surface area (Å²) in [5, 5.41) is 16.5. The van der Waals surface area contributed by atoms with Crippen LogP contribution in [0.3, 0.4) is 0 Å². The van der Waals surface area contributed by atoms with Crippen LogP contribution in [-0.4, -0.2) is 47.9 Å². The Morgan fingerprint density at radius 1 is 1.50 bits per heavy atom. The van der Waals surface area contributed by atoms with Crippen molar-refractivity contribution in [1.29, 1.82) is 0 Å². The number of nitrogens with one attached hydrogen (secondary N) is 2. The van der Waals surface area contributed by atoms with Crippen LogP contribution in [0, 0.1) is 10.1 Å². The fourth-order valence-corrected chi connectivity index (χ4v) is 3.70. The van der Waals surface area contributed by atoms with Gasteiger partial charge in [0, 0.05) is 13.1 Å². The lowest BCUT2D eigenvalue weighted by atomic mass is 10.2. The van der Waals surface area contributed by atoms with Crippen molar-refractivity contribution in [3.63, 3.8) is 0 Å². The maximum atomic E-state index is 11.6. The predicted molar refractivity (Wildman–Crippen MR) is 73.5 cm³/mol. The van der Waals surface area contributed by atoms with Crippen molar-refractivity contribution in [2.45, 2.75) is 18.9 Å². The van der Waals surface area contributed by atoms with Crippen LogP contribution < -0.4 is 10.6 Å². The molecule has 0 aliphatic carbocycles. The Morgan fingerprint density at radius 2 is 2.25 bits per heavy atom. The Balaban J connectivity index is 2.25. The Kier molecular flexibility index (Phi) is 4.02. The highest BCUT2D eigenvalue weighted by molar-refractivity contribution is 7.91. The highest BCUT2D eigenvalue weighted by Crippen LogP contribution is 2.25. The molecule has 1 aliphatic heterocycles. The molecule has 1 aliphatic rings. The summed E-state index contributed by atoms with van der Waals surface area (Å²) in [4.78, 5) is 18.1. The molecule has 10 heteroatoms. The normalized spacial score (nSPS) is 21.1. The van der Waals surface area contributed by atoms with Gasteiger partial charge in [-0.1, -0.05) is 0 Å². The van der Waals surface area contributed by atoms with E-state index in [0.29, 0.717) is 12.8 Å². The molecule has 2 heterocycles. The van der Waals surface area contributed by atoms with Gasteiger partial charge in [-0.2, -0.15) is 4.98 Å². The van der Waals surface area contributed by atoms with E-state index < -0.39 is 14.8 Å². The van der Waals surface area contributed by atoms with Crippen molar-refractivity contribution in [3.8, 4) is 0 Å². The largest absolute Gasteiger partial charge is 0.360 e. The van der Waals surface area contributed by atoms with Crippen molar-refractivity contribution in [3.05, 3.63) is 16.3 Å². The summed E-state index contributed by atoms with van der Waals surface area (Å²) in [5.41, 5.74) is -0.271. The summed E-state index contributed by atoms with van der Waals surface area (Å²) in [6, 6.07) is -0.368. The molecule has 110 valence electrons. The van der Waals surface area contributed by atoms with E-state index in [1.54, 1.807) is 7.05 Å². The van der Waals surface area contributed by atoms with E-state index in [4.69, 9.17) is 0 Å². The molecule has 2 rings (SSSR count). The maximum absolute atomic E-state index is 11.6. The Morgan fingerprint density at radius 3 is 2.85 bits per heavy atom. The summed E-state index contributed by atoms with van der Waals surface area (Å²) >= 11 is 0. The zero-order chi connectivity index (χ0) is 14.8. The second-order valence-corrected chi connectivity index (χ2v) is 6.76. The van der Waals surface area contributed by atoms with Crippen molar-refractivity contribution in [1.82, 2.24) is 9.97 Å². The molecule has 1 aromatic heterocycles. The van der Waals surface area contributed by atoms with Crippen molar-refractivity contribution in [2.24, 2.45) is 0 Å². The Labute approximate surface area is 115 Å². The number of hydrogen-bond acceptors (Lipinski definition) is 8. The first kappa shape index (κ1) is 14.4. The summed E-state index contributed by atoms with van der Waals surface area (Å²) in [5.74, 6) is 0.398. The van der Waals surface area contributed by atoms with E-state index in [-0.39, 0.29) is 35.0 Å². The molecule has 0 bridgehead atoms. The molecule has 2 N–H and O–H groups in total. The quantitative estimate of drug-likeness (QED) is 0.605. The molecule has 20 heavy (non-hydrogen) atoms. The van der Waals surface area contributed by atoms with Crippen molar-refractivity contribution < 1.29 is 13.3 Å². The fraction of sp³-hybridized carbons (Fsp3) is 0.600. The van der Waals surface area contributed by atoms with Gasteiger partial charge in [-0.15, -0.1) is 0 Å². The van der Waals surface area contributed by atoms with Gasteiger partial charge in [0.1, 0.15) is 6.20 Å². The van der Waals surface area contributed by atoms with Gasteiger partial charge >= 0.3 is 5.69 Å². The summed E-state index contributed by atoms with van der Waals surface area (Å²) in [6.07, 6.45) is 2.27. The topological polar surface area (TPSA) is 127 Å². The molecule has 0 radical (unpaired) electrons. The molecule has 1 unspecified atom stereocenters. The first-order chi connectivity index (χ1) is 9.41. The molecule has 0 amide bonds. The lowest BCUT2D eigenvalue weighted by Gasteiger charge is -2.23. The third-order valence-electron chi connectivity index (χ3n) is 2.99.